The molecule has 3 heteroatoms. The number of halogens is 1. The maximum Gasteiger partial charge on any atom is 0.161 e. The van der Waals surface area contributed by atoms with Crippen molar-refractivity contribution in [3.63, 3.8) is 0 Å². The average Bonchev–Trinajstić information content (AvgIpc) is 2.29. The predicted octanol–water partition coefficient (Wildman–Crippen LogP) is 2.68. The second-order valence-corrected chi connectivity index (χ2v) is 3.19. The lowest BCUT2D eigenvalue weighted by molar-refractivity contribution is 0.355. The largest absolute Gasteiger partial charge is 0.493 e. The van der Waals surface area contributed by atoms with Gasteiger partial charge in [0, 0.05) is 17.9 Å². The van der Waals surface area contributed by atoms with Crippen LogP contribution in [0.3, 0.4) is 0 Å². The predicted molar refractivity (Wildman–Crippen MR) is 61.8 cm³/mol. The Kier molecular flexibility index (Phi) is 4.86. The van der Waals surface area contributed by atoms with Crippen LogP contribution < -0.4 is 9.47 Å². The Labute approximate surface area is 95.2 Å². The Balaban J connectivity index is 2.89. The quantitative estimate of drug-likeness (QED) is 0.581. The van der Waals surface area contributed by atoms with E-state index in [9.17, 15) is 0 Å². The van der Waals surface area contributed by atoms with Crippen molar-refractivity contribution in [2.75, 3.05) is 20.1 Å². The molecular weight excluding hydrogens is 212 g/mol. The SMILES string of the molecule is COc1ccc(C#CCCCl)cc1OC. The third kappa shape index (κ3) is 3.38. The second kappa shape index (κ2) is 6.21. The maximum atomic E-state index is 5.53. The normalized spacial score (nSPS) is 9.00. The molecule has 0 aromatic heterocycles. The van der Waals surface area contributed by atoms with Gasteiger partial charge in [0.05, 0.1) is 14.2 Å². The minimum Gasteiger partial charge on any atom is -0.493 e. The van der Waals surface area contributed by atoms with Crippen LogP contribution in [0.2, 0.25) is 0 Å². The Bertz CT molecular complexity index is 377. The number of alkyl halides is 1. The van der Waals surface area contributed by atoms with Crippen molar-refractivity contribution in [3.05, 3.63) is 23.8 Å². The molecule has 1 aromatic rings. The Morgan fingerprint density at radius 3 is 2.53 bits per heavy atom. The molecule has 0 N–H and O–H groups in total. The molecule has 80 valence electrons. The zero-order valence-electron chi connectivity index (χ0n) is 8.84. The van der Waals surface area contributed by atoms with E-state index in [4.69, 9.17) is 21.1 Å². The highest BCUT2D eigenvalue weighted by molar-refractivity contribution is 6.18. The summed E-state index contributed by atoms with van der Waals surface area (Å²) in [6.45, 7) is 0. The molecule has 1 aromatic carbocycles. The van der Waals surface area contributed by atoms with Gasteiger partial charge >= 0.3 is 0 Å². The fourth-order valence-electron chi connectivity index (χ4n) is 1.13. The Morgan fingerprint density at radius 1 is 1.20 bits per heavy atom. The summed E-state index contributed by atoms with van der Waals surface area (Å²) in [7, 11) is 3.21. The standard InChI is InChI=1S/C12H13ClO2/c1-14-11-7-6-10(5-3-4-8-13)9-12(11)15-2/h6-7,9H,4,8H2,1-2H3. The van der Waals surface area contributed by atoms with Crippen LogP contribution in [0.15, 0.2) is 18.2 Å². The number of methoxy groups -OCH3 is 2. The van der Waals surface area contributed by atoms with Gasteiger partial charge in [0.15, 0.2) is 11.5 Å². The first kappa shape index (κ1) is 11.7. The van der Waals surface area contributed by atoms with Gasteiger partial charge in [-0.25, -0.2) is 0 Å². The third-order valence-electron chi connectivity index (χ3n) is 1.84. The summed E-state index contributed by atoms with van der Waals surface area (Å²) in [5.41, 5.74) is 0.901. The summed E-state index contributed by atoms with van der Waals surface area (Å²) < 4.78 is 10.3. The first-order chi connectivity index (χ1) is 7.31. The van der Waals surface area contributed by atoms with E-state index in [2.05, 4.69) is 11.8 Å². The van der Waals surface area contributed by atoms with Crippen LogP contribution in [0.25, 0.3) is 0 Å². The van der Waals surface area contributed by atoms with E-state index in [-0.39, 0.29) is 0 Å². The summed E-state index contributed by atoms with van der Waals surface area (Å²) in [6, 6.07) is 5.58. The fraction of sp³-hybridized carbons (Fsp3) is 0.333. The Hall–Kier alpha value is -1.33. The summed E-state index contributed by atoms with van der Waals surface area (Å²) in [4.78, 5) is 0. The lowest BCUT2D eigenvalue weighted by atomic mass is 10.2. The fourth-order valence-corrected chi connectivity index (χ4v) is 1.22. The molecular formula is C12H13ClO2. The highest BCUT2D eigenvalue weighted by Gasteiger charge is 2.02. The molecule has 0 bridgehead atoms. The van der Waals surface area contributed by atoms with Gasteiger partial charge in [-0.05, 0) is 18.2 Å². The smallest absolute Gasteiger partial charge is 0.161 e. The molecule has 0 unspecified atom stereocenters. The topological polar surface area (TPSA) is 18.5 Å². The van der Waals surface area contributed by atoms with E-state index < -0.39 is 0 Å². The molecule has 1 rings (SSSR count). The summed E-state index contributed by atoms with van der Waals surface area (Å²) in [5.74, 6) is 7.92. The minimum absolute atomic E-state index is 0.556. The van der Waals surface area contributed by atoms with E-state index in [0.717, 1.165) is 5.56 Å². The van der Waals surface area contributed by atoms with Crippen molar-refractivity contribution in [3.8, 4) is 23.3 Å². The molecule has 0 saturated heterocycles. The minimum atomic E-state index is 0.556. The first-order valence-electron chi connectivity index (χ1n) is 4.58. The van der Waals surface area contributed by atoms with Gasteiger partial charge in [-0.2, -0.15) is 0 Å². The van der Waals surface area contributed by atoms with Gasteiger partial charge in [-0.1, -0.05) is 11.8 Å². The van der Waals surface area contributed by atoms with Gasteiger partial charge in [0.2, 0.25) is 0 Å². The van der Waals surface area contributed by atoms with Crippen LogP contribution in [0, 0.1) is 11.8 Å². The van der Waals surface area contributed by atoms with Gasteiger partial charge < -0.3 is 9.47 Å². The van der Waals surface area contributed by atoms with Crippen molar-refractivity contribution in [1.82, 2.24) is 0 Å². The Morgan fingerprint density at radius 2 is 1.93 bits per heavy atom. The summed E-state index contributed by atoms with van der Waals surface area (Å²) in [6.07, 6.45) is 0.690. The van der Waals surface area contributed by atoms with Crippen molar-refractivity contribution in [1.29, 1.82) is 0 Å². The zero-order valence-corrected chi connectivity index (χ0v) is 9.60. The highest BCUT2D eigenvalue weighted by atomic mass is 35.5. The number of benzene rings is 1. The molecule has 0 radical (unpaired) electrons. The summed E-state index contributed by atoms with van der Waals surface area (Å²) in [5, 5.41) is 0. The van der Waals surface area contributed by atoms with Gasteiger partial charge in [0.25, 0.3) is 0 Å². The van der Waals surface area contributed by atoms with E-state index in [1.54, 1.807) is 14.2 Å². The first-order valence-corrected chi connectivity index (χ1v) is 5.12. The molecule has 0 fully saturated rings. The molecule has 0 aliphatic rings. The van der Waals surface area contributed by atoms with E-state index >= 15 is 0 Å². The summed E-state index contributed by atoms with van der Waals surface area (Å²) >= 11 is 5.53. The zero-order chi connectivity index (χ0) is 11.1. The van der Waals surface area contributed by atoms with Crippen LogP contribution in [-0.2, 0) is 0 Å². The van der Waals surface area contributed by atoms with Crippen LogP contribution in [0.1, 0.15) is 12.0 Å². The highest BCUT2D eigenvalue weighted by Crippen LogP contribution is 2.27. The van der Waals surface area contributed by atoms with Gasteiger partial charge in [-0.15, -0.1) is 11.6 Å². The molecule has 2 nitrogen and oxygen atoms in total. The molecule has 15 heavy (non-hydrogen) atoms. The third-order valence-corrected chi connectivity index (χ3v) is 2.02. The van der Waals surface area contributed by atoms with E-state index in [1.165, 1.54) is 0 Å². The second-order valence-electron chi connectivity index (χ2n) is 2.81. The number of hydrogen-bond acceptors (Lipinski definition) is 2. The van der Waals surface area contributed by atoms with Crippen LogP contribution in [0.4, 0.5) is 0 Å². The average molecular weight is 225 g/mol. The number of rotatable bonds is 3. The van der Waals surface area contributed by atoms with E-state index in [0.29, 0.717) is 23.8 Å². The van der Waals surface area contributed by atoms with Crippen LogP contribution >= 0.6 is 11.6 Å². The van der Waals surface area contributed by atoms with E-state index in [1.807, 2.05) is 18.2 Å². The van der Waals surface area contributed by atoms with Gasteiger partial charge in [-0.3, -0.25) is 0 Å². The molecule has 0 saturated carbocycles. The molecule has 0 spiro atoms. The number of ether oxygens (including phenoxy) is 2. The van der Waals surface area contributed by atoms with Gasteiger partial charge in [0.1, 0.15) is 0 Å². The van der Waals surface area contributed by atoms with Crippen molar-refractivity contribution >= 4 is 11.6 Å². The maximum absolute atomic E-state index is 5.53. The lowest BCUT2D eigenvalue weighted by Crippen LogP contribution is -1.90. The van der Waals surface area contributed by atoms with Crippen molar-refractivity contribution in [2.24, 2.45) is 0 Å². The van der Waals surface area contributed by atoms with Crippen molar-refractivity contribution in [2.45, 2.75) is 6.42 Å². The monoisotopic (exact) mass is 224 g/mol. The van der Waals surface area contributed by atoms with Crippen molar-refractivity contribution < 1.29 is 9.47 Å². The molecule has 0 aliphatic heterocycles. The lowest BCUT2D eigenvalue weighted by Gasteiger charge is -2.06. The molecule has 0 heterocycles. The molecule has 0 amide bonds. The molecule has 0 atom stereocenters. The van der Waals surface area contributed by atoms with Crippen LogP contribution in [-0.4, -0.2) is 20.1 Å². The molecule has 0 aliphatic carbocycles. The number of hydrogen-bond donors (Lipinski definition) is 0. The van der Waals surface area contributed by atoms with Crippen LogP contribution in [0.5, 0.6) is 11.5 Å².